The van der Waals surface area contributed by atoms with Crippen molar-refractivity contribution in [3.63, 3.8) is 0 Å². The number of thiophene rings is 1. The molecule has 1 saturated carbocycles. The smallest absolute Gasteiger partial charge is 0.179 e. The van der Waals surface area contributed by atoms with E-state index < -0.39 is 5.41 Å². The molecule has 1 spiro atoms. The molecule has 6 rings (SSSR count). The second-order valence-corrected chi connectivity index (χ2v) is 13.2. The van der Waals surface area contributed by atoms with Crippen LogP contribution in [0, 0.1) is 11.3 Å². The van der Waals surface area contributed by atoms with Crippen LogP contribution in [-0.4, -0.2) is 61.9 Å². The molecule has 43 heavy (non-hydrogen) atoms. The van der Waals surface area contributed by atoms with Gasteiger partial charge in [0, 0.05) is 54.6 Å². The number of fused-ring (bicyclic) bond motifs is 2. The number of hydrogen-bond donors (Lipinski definition) is 2. The van der Waals surface area contributed by atoms with Gasteiger partial charge >= 0.3 is 0 Å². The number of nitriles is 1. The van der Waals surface area contributed by atoms with Crippen LogP contribution in [0.4, 0.5) is 10.8 Å². The maximum Gasteiger partial charge on any atom is 0.179 e. The molecule has 2 fully saturated rings. The number of nitrogens with zero attached hydrogens (tertiary/aromatic N) is 7. The third-order valence-electron chi connectivity index (χ3n) is 9.34. The van der Waals surface area contributed by atoms with Crippen LogP contribution >= 0.6 is 11.3 Å². The molecule has 2 aliphatic carbocycles. The highest BCUT2D eigenvalue weighted by Gasteiger charge is 2.49. The fourth-order valence-electron chi connectivity index (χ4n) is 7.13. The summed E-state index contributed by atoms with van der Waals surface area (Å²) in [7, 11) is 0. The molecule has 0 bridgehead atoms. The monoisotopic (exact) mass is 597 g/mol. The third kappa shape index (κ3) is 5.02. The first-order valence-electron chi connectivity index (χ1n) is 15.1. The summed E-state index contributed by atoms with van der Waals surface area (Å²) in [5.41, 5.74) is 14.5. The Kier molecular flexibility index (Phi) is 7.83. The summed E-state index contributed by atoms with van der Waals surface area (Å²) in [5.74, 6) is 1.68. The fraction of sp³-hybridized carbons (Fsp3) is 0.469. The number of nitrogen functional groups attached to an aromatic ring is 1. The Balaban J connectivity index is 1.46. The summed E-state index contributed by atoms with van der Waals surface area (Å²) in [6.07, 6.45) is 12.6. The minimum absolute atomic E-state index is 0.0176. The van der Waals surface area contributed by atoms with Crippen molar-refractivity contribution in [2.24, 2.45) is 5.73 Å². The van der Waals surface area contributed by atoms with E-state index in [0.717, 1.165) is 61.6 Å². The zero-order chi connectivity index (χ0) is 30.3. The highest BCUT2D eigenvalue weighted by Crippen LogP contribution is 2.52. The van der Waals surface area contributed by atoms with Gasteiger partial charge in [-0.1, -0.05) is 6.08 Å². The fourth-order valence-corrected chi connectivity index (χ4v) is 8.29. The van der Waals surface area contributed by atoms with Crippen molar-refractivity contribution >= 4 is 33.6 Å². The van der Waals surface area contributed by atoms with Crippen molar-refractivity contribution in [2.45, 2.75) is 76.3 Å². The van der Waals surface area contributed by atoms with Gasteiger partial charge in [-0.2, -0.15) is 5.26 Å². The Morgan fingerprint density at radius 1 is 1.21 bits per heavy atom. The van der Waals surface area contributed by atoms with E-state index in [4.69, 9.17) is 21.4 Å². The Hall–Kier alpha value is -4.01. The number of aromatic nitrogens is 4. The van der Waals surface area contributed by atoms with Crippen LogP contribution in [-0.2, 0) is 16.6 Å². The van der Waals surface area contributed by atoms with E-state index in [1.165, 1.54) is 11.3 Å². The first-order valence-corrected chi connectivity index (χ1v) is 15.9. The summed E-state index contributed by atoms with van der Waals surface area (Å²) in [6.45, 7) is 11.2. The van der Waals surface area contributed by atoms with E-state index in [9.17, 15) is 10.1 Å². The molecule has 1 saturated heterocycles. The second-order valence-electron chi connectivity index (χ2n) is 12.1. The van der Waals surface area contributed by atoms with Gasteiger partial charge in [0.05, 0.1) is 22.7 Å². The van der Waals surface area contributed by atoms with Crippen LogP contribution in [0.15, 0.2) is 43.0 Å². The van der Waals surface area contributed by atoms with Crippen molar-refractivity contribution in [1.82, 2.24) is 24.4 Å². The van der Waals surface area contributed by atoms with E-state index in [2.05, 4.69) is 41.3 Å². The molecule has 0 unspecified atom stereocenters. The van der Waals surface area contributed by atoms with Gasteiger partial charge in [0.1, 0.15) is 29.0 Å². The van der Waals surface area contributed by atoms with Gasteiger partial charge in [0.2, 0.25) is 0 Å². The number of rotatable bonds is 5. The van der Waals surface area contributed by atoms with Gasteiger partial charge in [0.15, 0.2) is 11.6 Å². The van der Waals surface area contributed by atoms with E-state index in [-0.39, 0.29) is 11.8 Å². The number of aryl methyl sites for hydroxylation is 1. The lowest BCUT2D eigenvalue weighted by atomic mass is 9.61. The minimum atomic E-state index is -0.783. The van der Waals surface area contributed by atoms with Crippen LogP contribution in [0.2, 0.25) is 0 Å². The molecule has 11 heteroatoms. The van der Waals surface area contributed by atoms with Crippen molar-refractivity contribution in [3.8, 4) is 11.9 Å². The number of carbonyl (C=O) groups excluding carboxylic acids is 1. The van der Waals surface area contributed by atoms with Crippen LogP contribution in [0.5, 0.6) is 0 Å². The molecule has 10 nitrogen and oxygen atoms in total. The van der Waals surface area contributed by atoms with Crippen LogP contribution in [0.25, 0.3) is 11.5 Å². The van der Waals surface area contributed by atoms with Gasteiger partial charge in [-0.25, -0.2) is 15.0 Å². The molecule has 3 aliphatic rings. The lowest BCUT2D eigenvalue weighted by molar-refractivity contribution is -0.122. The number of carbonyl (C=O) groups is 1. The average molecular weight is 598 g/mol. The summed E-state index contributed by atoms with van der Waals surface area (Å²) >= 11 is 1.45. The first kappa shape index (κ1) is 29.1. The average Bonchev–Trinajstić information content (AvgIpc) is 3.60. The van der Waals surface area contributed by atoms with Gasteiger partial charge in [-0.3, -0.25) is 14.3 Å². The molecule has 0 radical (unpaired) electrons. The van der Waals surface area contributed by atoms with Gasteiger partial charge in [0.25, 0.3) is 0 Å². The highest BCUT2D eigenvalue weighted by molar-refractivity contribution is 7.16. The third-order valence-corrected chi connectivity index (χ3v) is 10.4. The van der Waals surface area contributed by atoms with E-state index in [1.807, 2.05) is 22.9 Å². The quantitative estimate of drug-likeness (QED) is 0.324. The predicted molar refractivity (Wildman–Crippen MR) is 170 cm³/mol. The molecule has 1 aliphatic heterocycles. The second kappa shape index (κ2) is 11.6. The predicted octanol–water partition coefficient (Wildman–Crippen LogP) is 4.35. The molecule has 4 N–H and O–H groups in total. The normalized spacial score (nSPS) is 24.1. The summed E-state index contributed by atoms with van der Waals surface area (Å²) in [5, 5.41) is 10.5. The molecule has 224 valence electrons. The van der Waals surface area contributed by atoms with Gasteiger partial charge in [-0.15, -0.1) is 17.9 Å². The van der Waals surface area contributed by atoms with Crippen molar-refractivity contribution < 1.29 is 4.79 Å². The zero-order valence-electron chi connectivity index (χ0n) is 24.9. The lowest BCUT2D eigenvalue weighted by Gasteiger charge is -2.40. The SMILES string of the molecule is C=C[C@H]1CN(C(C)C)CCCN1c1cc(-n2ccnc2)nc(/C(N)=C2\CCC[C@@]3(CCCc4sc(N)c(C#N)c43)C2=O)n1. The summed E-state index contributed by atoms with van der Waals surface area (Å²) in [4.78, 5) is 34.4. The van der Waals surface area contributed by atoms with Gasteiger partial charge < -0.3 is 16.4 Å². The molecule has 0 aromatic carbocycles. The highest BCUT2D eigenvalue weighted by atomic mass is 32.1. The van der Waals surface area contributed by atoms with E-state index >= 15 is 0 Å². The van der Waals surface area contributed by atoms with Crippen molar-refractivity contribution in [3.05, 3.63) is 64.8 Å². The number of Topliss-reactive ketones (excluding diaryl/α,β-unsaturated/α-hetero) is 1. The van der Waals surface area contributed by atoms with Crippen LogP contribution in [0.3, 0.4) is 0 Å². The van der Waals surface area contributed by atoms with Gasteiger partial charge in [-0.05, 0) is 64.4 Å². The molecule has 3 aromatic rings. The maximum absolute atomic E-state index is 14.5. The lowest BCUT2D eigenvalue weighted by Crippen LogP contribution is -2.43. The van der Waals surface area contributed by atoms with Crippen LogP contribution in [0.1, 0.15) is 74.2 Å². The van der Waals surface area contributed by atoms with Crippen molar-refractivity contribution in [2.75, 3.05) is 30.3 Å². The molecule has 2 atom stereocenters. The maximum atomic E-state index is 14.5. The zero-order valence-corrected chi connectivity index (χ0v) is 25.7. The Bertz CT molecular complexity index is 1620. The Morgan fingerprint density at radius 2 is 1.98 bits per heavy atom. The number of nitrogens with two attached hydrogens (primary N) is 2. The Morgan fingerprint density at radius 3 is 2.67 bits per heavy atom. The number of allylic oxidation sites excluding steroid dienone is 1. The minimum Gasteiger partial charge on any atom is -0.395 e. The number of anilines is 2. The molecular formula is C32H39N9OS. The molecule has 3 aromatic heterocycles. The number of imidazole rings is 1. The molecule has 0 amide bonds. The molecular weight excluding hydrogens is 558 g/mol. The number of hydrogen-bond acceptors (Lipinski definition) is 10. The van der Waals surface area contributed by atoms with Crippen LogP contribution < -0.4 is 16.4 Å². The largest absolute Gasteiger partial charge is 0.395 e. The van der Waals surface area contributed by atoms with E-state index in [0.29, 0.717) is 58.8 Å². The first-order chi connectivity index (χ1) is 20.8. The number of ketones is 1. The standard InChI is InChI=1S/C32H39N9OS/c1-4-21-18-39(20(2)3)13-7-14-41(21)26-16-25(40-15-12-36-19-40)37-31(38-26)28(34)22-8-5-10-32(29(22)42)11-6-9-24-27(32)23(17-33)30(35)43-24/h4,12,15-16,19-21H,1,5-11,13-14,18,34-35H2,2-3H3/b28-22-/t21-,32-/m0/s1. The topological polar surface area (TPSA) is 143 Å². The summed E-state index contributed by atoms with van der Waals surface area (Å²) < 4.78 is 1.83. The molecule has 4 heterocycles. The van der Waals surface area contributed by atoms with E-state index in [1.54, 1.807) is 12.5 Å². The van der Waals surface area contributed by atoms with Crippen molar-refractivity contribution in [1.29, 1.82) is 5.26 Å². The Labute approximate surface area is 256 Å². The summed E-state index contributed by atoms with van der Waals surface area (Å²) in [6, 6.07) is 4.73.